The Morgan fingerprint density at radius 2 is 1.18 bits per heavy atom. The summed E-state index contributed by atoms with van der Waals surface area (Å²) in [6, 6.07) is 0. The molecule has 0 aromatic heterocycles. The van der Waals surface area contributed by atoms with Crippen molar-refractivity contribution in [2.24, 2.45) is 57.7 Å². The Hall–Kier alpha value is -0.700. The standard InChI is InChI=1S/C28H46.4C2H6.C2H2/c1-18-9-13-26(4)14-11-23-21(24(26)17-18)7-8-25-27(5)15-10-19(2)20(3)22(27)12-16-28(23,25)6;5*1-2/h7,18-20,22-25H,8-17H2,1-6H3;4*1-2H3;1-2H. The van der Waals surface area contributed by atoms with Crippen LogP contribution in [0.15, 0.2) is 11.6 Å². The van der Waals surface area contributed by atoms with Crippen LogP contribution in [0, 0.1) is 70.5 Å². The zero-order valence-corrected chi connectivity index (χ0v) is 28.8. The SMILES string of the molecule is C#C.CC.CC.CC.CC.CC1CCC2(C)CCC3C(=CCC4C3(C)CCC3C(C)C(C)CCC34C)C2C1. The molecule has 0 heterocycles. The summed E-state index contributed by atoms with van der Waals surface area (Å²) in [5.74, 6) is 6.54. The van der Waals surface area contributed by atoms with Gasteiger partial charge in [-0.15, -0.1) is 12.8 Å². The molecule has 10 unspecified atom stereocenters. The van der Waals surface area contributed by atoms with Crippen molar-refractivity contribution in [3.05, 3.63) is 11.6 Å². The molecule has 0 aromatic carbocycles. The minimum absolute atomic E-state index is 0.581. The van der Waals surface area contributed by atoms with Crippen molar-refractivity contribution in [2.75, 3.05) is 0 Å². The summed E-state index contributed by atoms with van der Waals surface area (Å²) in [5.41, 5.74) is 3.76. The van der Waals surface area contributed by atoms with Crippen LogP contribution in [0.3, 0.4) is 0 Å². The maximum Gasteiger partial charge on any atom is -0.0143 e. The zero-order chi connectivity index (χ0) is 29.9. The Balaban J connectivity index is 0.00000124. The maximum absolute atomic E-state index is 4.00. The second kappa shape index (κ2) is 16.5. The smallest absolute Gasteiger partial charge is 0.0143 e. The van der Waals surface area contributed by atoms with E-state index in [0.29, 0.717) is 16.2 Å². The topological polar surface area (TPSA) is 0 Å². The van der Waals surface area contributed by atoms with Crippen LogP contribution in [0.2, 0.25) is 0 Å². The van der Waals surface area contributed by atoms with Crippen molar-refractivity contribution in [1.29, 1.82) is 0 Å². The lowest BCUT2D eigenvalue weighted by molar-refractivity contribution is -0.142. The van der Waals surface area contributed by atoms with Gasteiger partial charge in [0.15, 0.2) is 0 Å². The zero-order valence-electron chi connectivity index (χ0n) is 28.8. The first-order valence-electron chi connectivity index (χ1n) is 17.2. The summed E-state index contributed by atoms with van der Waals surface area (Å²) in [7, 11) is 0. The summed E-state index contributed by atoms with van der Waals surface area (Å²) in [4.78, 5) is 0. The fraction of sp³-hybridized carbons (Fsp3) is 0.895. The molecule has 0 radical (unpaired) electrons. The average Bonchev–Trinajstić information content (AvgIpc) is 2.96. The molecule has 4 fully saturated rings. The molecule has 0 heteroatoms. The van der Waals surface area contributed by atoms with Gasteiger partial charge in [0.05, 0.1) is 0 Å². The second-order valence-electron chi connectivity index (χ2n) is 13.2. The van der Waals surface area contributed by atoms with Crippen LogP contribution in [0.1, 0.15) is 161 Å². The fourth-order valence-corrected chi connectivity index (χ4v) is 9.88. The van der Waals surface area contributed by atoms with Gasteiger partial charge in [-0.05, 0) is 115 Å². The predicted octanol–water partition coefficient (Wildman–Crippen LogP) is 12.6. The van der Waals surface area contributed by atoms with Crippen LogP contribution in [0.5, 0.6) is 0 Å². The highest BCUT2D eigenvalue weighted by atomic mass is 14.7. The van der Waals surface area contributed by atoms with Crippen molar-refractivity contribution in [2.45, 2.75) is 161 Å². The van der Waals surface area contributed by atoms with E-state index in [4.69, 9.17) is 0 Å². The maximum atomic E-state index is 4.00. The van der Waals surface area contributed by atoms with Gasteiger partial charge in [0, 0.05) is 0 Å². The van der Waals surface area contributed by atoms with Crippen LogP contribution in [-0.4, -0.2) is 0 Å². The van der Waals surface area contributed by atoms with Crippen LogP contribution in [0.4, 0.5) is 0 Å². The lowest BCUT2D eigenvalue weighted by Crippen LogP contribution is -2.58. The minimum Gasteiger partial charge on any atom is -0.124 e. The van der Waals surface area contributed by atoms with E-state index in [0.717, 1.165) is 41.4 Å². The number of fused-ring (bicyclic) bond motifs is 7. The van der Waals surface area contributed by atoms with Gasteiger partial charge in [0.1, 0.15) is 0 Å². The van der Waals surface area contributed by atoms with E-state index in [1.165, 1.54) is 64.2 Å². The molecule has 0 bridgehead atoms. The third-order valence-electron chi connectivity index (χ3n) is 12.0. The molecule has 0 aromatic rings. The van der Waals surface area contributed by atoms with E-state index >= 15 is 0 Å². The van der Waals surface area contributed by atoms with Crippen molar-refractivity contribution < 1.29 is 0 Å². The van der Waals surface area contributed by atoms with Gasteiger partial charge in [-0.25, -0.2) is 0 Å². The number of terminal acetylenes is 1. The van der Waals surface area contributed by atoms with Crippen LogP contribution in [0.25, 0.3) is 0 Å². The molecule has 0 N–H and O–H groups in total. The van der Waals surface area contributed by atoms with Crippen molar-refractivity contribution >= 4 is 0 Å². The van der Waals surface area contributed by atoms with E-state index in [1.54, 1.807) is 0 Å². The van der Waals surface area contributed by atoms with Gasteiger partial charge in [-0.3, -0.25) is 0 Å². The Labute approximate surface area is 243 Å². The normalized spacial score (nSPS) is 43.9. The van der Waals surface area contributed by atoms with Gasteiger partial charge in [0.2, 0.25) is 0 Å². The van der Waals surface area contributed by atoms with E-state index in [1.807, 2.05) is 61.0 Å². The van der Waals surface area contributed by atoms with Crippen LogP contribution < -0.4 is 0 Å². The largest absolute Gasteiger partial charge is 0.124 e. The highest BCUT2D eigenvalue weighted by molar-refractivity contribution is 5.28. The molecule has 5 aliphatic rings. The van der Waals surface area contributed by atoms with Gasteiger partial charge in [0.25, 0.3) is 0 Å². The minimum atomic E-state index is 0.581. The molecule has 0 amide bonds. The molecule has 0 nitrogen and oxygen atoms in total. The third-order valence-corrected chi connectivity index (χ3v) is 12.0. The first-order chi connectivity index (χ1) is 18.2. The van der Waals surface area contributed by atoms with E-state index in [-0.39, 0.29) is 0 Å². The highest BCUT2D eigenvalue weighted by Crippen LogP contribution is 2.70. The number of rotatable bonds is 0. The molecule has 38 heavy (non-hydrogen) atoms. The fourth-order valence-electron chi connectivity index (χ4n) is 9.88. The Morgan fingerprint density at radius 1 is 0.658 bits per heavy atom. The van der Waals surface area contributed by atoms with Crippen molar-refractivity contribution in [1.82, 2.24) is 0 Å². The Morgan fingerprint density at radius 3 is 1.76 bits per heavy atom. The highest BCUT2D eigenvalue weighted by Gasteiger charge is 2.61. The summed E-state index contributed by atoms with van der Waals surface area (Å²) < 4.78 is 0. The quantitative estimate of drug-likeness (QED) is 0.216. The first kappa shape index (κ1) is 37.3. The van der Waals surface area contributed by atoms with Gasteiger partial charge >= 0.3 is 0 Å². The van der Waals surface area contributed by atoms with Crippen LogP contribution in [-0.2, 0) is 0 Å². The average molecular weight is 529 g/mol. The monoisotopic (exact) mass is 529 g/mol. The lowest BCUT2D eigenvalue weighted by atomic mass is 9.38. The van der Waals surface area contributed by atoms with Gasteiger partial charge in [-0.1, -0.05) is 115 Å². The van der Waals surface area contributed by atoms with Crippen molar-refractivity contribution in [3.63, 3.8) is 0 Å². The summed E-state index contributed by atoms with van der Waals surface area (Å²) >= 11 is 0. The Bertz CT molecular complexity index is 698. The number of hydrogen-bond donors (Lipinski definition) is 0. The summed E-state index contributed by atoms with van der Waals surface area (Å²) in [6.07, 6.45) is 25.7. The second-order valence-corrected chi connectivity index (χ2v) is 13.2. The molecular weight excluding hydrogens is 456 g/mol. The molecule has 5 rings (SSSR count). The van der Waals surface area contributed by atoms with Crippen LogP contribution >= 0.6 is 0 Å². The number of hydrogen-bond acceptors (Lipinski definition) is 0. The van der Waals surface area contributed by atoms with E-state index < -0.39 is 0 Å². The molecule has 4 saturated carbocycles. The molecule has 0 saturated heterocycles. The van der Waals surface area contributed by atoms with Gasteiger partial charge < -0.3 is 0 Å². The molecule has 10 atom stereocenters. The predicted molar refractivity (Wildman–Crippen MR) is 175 cm³/mol. The molecular formula is C38H72. The molecule has 5 aliphatic carbocycles. The number of allylic oxidation sites excluding steroid dienone is 2. The first-order valence-corrected chi connectivity index (χ1v) is 17.2. The van der Waals surface area contributed by atoms with Crippen molar-refractivity contribution in [3.8, 4) is 12.8 Å². The molecule has 0 aliphatic heterocycles. The van der Waals surface area contributed by atoms with Gasteiger partial charge in [-0.2, -0.15) is 0 Å². The van der Waals surface area contributed by atoms with E-state index in [9.17, 15) is 0 Å². The summed E-state index contributed by atoms with van der Waals surface area (Å²) in [6.45, 7) is 31.8. The lowest BCUT2D eigenvalue weighted by Gasteiger charge is -2.66. The molecule has 0 spiro atoms. The third kappa shape index (κ3) is 6.77. The van der Waals surface area contributed by atoms with E-state index in [2.05, 4.69) is 60.5 Å². The summed E-state index contributed by atoms with van der Waals surface area (Å²) in [5, 5.41) is 0. The Kier molecular flexibility index (Phi) is 16.2. The molecule has 224 valence electrons.